The van der Waals surface area contributed by atoms with E-state index in [2.05, 4.69) is 6.92 Å². The topological polar surface area (TPSA) is 3.24 Å². The summed E-state index contributed by atoms with van der Waals surface area (Å²) in [6, 6.07) is 0. The van der Waals surface area contributed by atoms with Gasteiger partial charge in [-0.25, -0.2) is 0 Å². The molecule has 2 heteroatoms. The van der Waals surface area contributed by atoms with Gasteiger partial charge >= 0.3 is 29.6 Å². The molecule has 0 rings (SSSR count). The Balaban J connectivity index is 0. The molecule has 0 amide bonds. The molecule has 0 fully saturated rings. The van der Waals surface area contributed by atoms with Crippen molar-refractivity contribution in [2.24, 2.45) is 0 Å². The summed E-state index contributed by atoms with van der Waals surface area (Å²) in [5.41, 5.74) is 0. The summed E-state index contributed by atoms with van der Waals surface area (Å²) in [5.74, 6) is 0. The summed E-state index contributed by atoms with van der Waals surface area (Å²) in [4.78, 5) is 2.01. The maximum atomic E-state index is 3.61. The molecule has 0 heterocycles. The van der Waals surface area contributed by atoms with E-state index in [1.54, 1.807) is 0 Å². The van der Waals surface area contributed by atoms with Crippen LogP contribution in [0.15, 0.2) is 0 Å². The summed E-state index contributed by atoms with van der Waals surface area (Å²) in [6.45, 7) is 4.50. The Morgan fingerprint density at radius 1 is 1.50 bits per heavy atom. The molecule has 6 heavy (non-hydrogen) atoms. The molecule has 0 N–H and O–H groups in total. The molecular formula is C4H11NNa. The number of hydrogen-bond donors (Lipinski definition) is 0. The second-order valence-corrected chi connectivity index (χ2v) is 1.30. The average Bonchev–Trinajstić information content (AvgIpc) is 1.38. The van der Waals surface area contributed by atoms with Crippen LogP contribution in [0.2, 0.25) is 0 Å². The van der Waals surface area contributed by atoms with Crippen LogP contribution in [-0.4, -0.2) is 55.1 Å². The summed E-state index contributed by atoms with van der Waals surface area (Å²) < 4.78 is 0. The summed E-state index contributed by atoms with van der Waals surface area (Å²) in [7, 11) is 3.99. The first-order valence-corrected chi connectivity index (χ1v) is 1.71. The van der Waals surface area contributed by atoms with Crippen molar-refractivity contribution >= 4 is 29.6 Å². The Kier molecular flexibility index (Phi) is 9.98. The minimum atomic E-state index is 0. The van der Waals surface area contributed by atoms with Crippen LogP contribution in [0.3, 0.4) is 0 Å². The fourth-order valence-corrected chi connectivity index (χ4v) is 0. The Morgan fingerprint density at radius 2 is 1.67 bits per heavy atom. The van der Waals surface area contributed by atoms with Crippen molar-refractivity contribution in [3.63, 3.8) is 0 Å². The van der Waals surface area contributed by atoms with Crippen LogP contribution >= 0.6 is 0 Å². The molecule has 0 bridgehead atoms. The molecule has 0 aromatic rings. The van der Waals surface area contributed by atoms with Gasteiger partial charge < -0.3 is 4.90 Å². The van der Waals surface area contributed by atoms with E-state index >= 15 is 0 Å². The molecule has 0 aliphatic rings. The van der Waals surface area contributed by atoms with Gasteiger partial charge in [-0.3, -0.25) is 0 Å². The van der Waals surface area contributed by atoms with Crippen LogP contribution in [0.25, 0.3) is 0 Å². The van der Waals surface area contributed by atoms with Gasteiger partial charge in [0.05, 0.1) is 0 Å². The first kappa shape index (κ1) is 10.0. The van der Waals surface area contributed by atoms with Gasteiger partial charge in [-0.1, -0.05) is 0 Å². The van der Waals surface area contributed by atoms with Crippen molar-refractivity contribution in [1.29, 1.82) is 0 Å². The maximum absolute atomic E-state index is 3.61. The average molecular weight is 96.1 g/mol. The molecule has 0 saturated heterocycles. The fourth-order valence-electron chi connectivity index (χ4n) is 0. The summed E-state index contributed by atoms with van der Waals surface area (Å²) >= 11 is 0. The monoisotopic (exact) mass is 96.1 g/mol. The van der Waals surface area contributed by atoms with Gasteiger partial charge in [0.2, 0.25) is 0 Å². The molecule has 0 saturated carbocycles. The van der Waals surface area contributed by atoms with Crippen molar-refractivity contribution < 1.29 is 0 Å². The standard InChI is InChI=1S/C4H10N.Na.H/c1-4-5(2)3;;/h1,4H2,2-3H3;;. The molecule has 0 aromatic heterocycles. The Hall–Kier alpha value is 0.960. The molecule has 33 valence electrons. The summed E-state index contributed by atoms with van der Waals surface area (Å²) in [5, 5.41) is 0. The van der Waals surface area contributed by atoms with Crippen LogP contribution in [0.4, 0.5) is 0 Å². The minimum absolute atomic E-state index is 0. The third kappa shape index (κ3) is 8.88. The zero-order chi connectivity index (χ0) is 4.28. The number of hydrogen-bond acceptors (Lipinski definition) is 1. The van der Waals surface area contributed by atoms with Crippen LogP contribution in [0.5, 0.6) is 0 Å². The van der Waals surface area contributed by atoms with E-state index in [1.165, 1.54) is 0 Å². The number of nitrogens with zero attached hydrogens (tertiary/aromatic N) is 1. The molecule has 0 aromatic carbocycles. The normalized spacial score (nSPS) is 8.00. The zero-order valence-electron chi connectivity index (χ0n) is 3.86. The molecule has 0 atom stereocenters. The van der Waals surface area contributed by atoms with Gasteiger partial charge in [0.25, 0.3) is 0 Å². The Labute approximate surface area is 62.0 Å². The molecule has 0 spiro atoms. The van der Waals surface area contributed by atoms with Crippen molar-refractivity contribution in [2.75, 3.05) is 20.6 Å². The molecular weight excluding hydrogens is 85.0 g/mol. The predicted octanol–water partition coefficient (Wildman–Crippen LogP) is -0.266. The van der Waals surface area contributed by atoms with E-state index in [0.29, 0.717) is 0 Å². The second-order valence-electron chi connectivity index (χ2n) is 1.30. The zero-order valence-corrected chi connectivity index (χ0v) is 3.86. The van der Waals surface area contributed by atoms with Gasteiger partial charge in [0.1, 0.15) is 0 Å². The van der Waals surface area contributed by atoms with Crippen molar-refractivity contribution in [2.45, 2.75) is 0 Å². The van der Waals surface area contributed by atoms with E-state index in [1.807, 2.05) is 19.0 Å². The van der Waals surface area contributed by atoms with Crippen LogP contribution in [0.1, 0.15) is 0 Å². The molecule has 1 radical (unpaired) electrons. The van der Waals surface area contributed by atoms with Crippen LogP contribution in [0, 0.1) is 6.92 Å². The van der Waals surface area contributed by atoms with Gasteiger partial charge in [-0.15, -0.1) is 0 Å². The van der Waals surface area contributed by atoms with Crippen molar-refractivity contribution in [3.05, 3.63) is 6.92 Å². The third-order valence-electron chi connectivity index (χ3n) is 0.447. The van der Waals surface area contributed by atoms with E-state index < -0.39 is 0 Å². The third-order valence-corrected chi connectivity index (χ3v) is 0.447. The van der Waals surface area contributed by atoms with Gasteiger partial charge in [0.15, 0.2) is 0 Å². The molecule has 0 aliphatic carbocycles. The molecule has 0 aliphatic heterocycles. The Morgan fingerprint density at radius 3 is 1.67 bits per heavy atom. The van der Waals surface area contributed by atoms with Crippen molar-refractivity contribution in [1.82, 2.24) is 4.90 Å². The van der Waals surface area contributed by atoms with E-state index in [4.69, 9.17) is 0 Å². The SMILES string of the molecule is [CH2]CN(C)C.[NaH]. The predicted molar refractivity (Wildman–Crippen MR) is 31.1 cm³/mol. The first-order chi connectivity index (χ1) is 2.27. The molecule has 1 nitrogen and oxygen atoms in total. The Bertz CT molecular complexity index is 21.5. The van der Waals surface area contributed by atoms with Crippen LogP contribution < -0.4 is 0 Å². The van der Waals surface area contributed by atoms with Crippen molar-refractivity contribution in [3.8, 4) is 0 Å². The first-order valence-electron chi connectivity index (χ1n) is 1.71. The quantitative estimate of drug-likeness (QED) is 0.406. The van der Waals surface area contributed by atoms with Gasteiger partial charge in [-0.2, -0.15) is 0 Å². The fraction of sp³-hybridized carbons (Fsp3) is 0.750. The van der Waals surface area contributed by atoms with E-state index in [-0.39, 0.29) is 29.6 Å². The van der Waals surface area contributed by atoms with Crippen LogP contribution in [-0.2, 0) is 0 Å². The van der Waals surface area contributed by atoms with Gasteiger partial charge in [-0.05, 0) is 27.6 Å². The second kappa shape index (κ2) is 5.96. The van der Waals surface area contributed by atoms with E-state index in [9.17, 15) is 0 Å². The number of rotatable bonds is 1. The molecule has 0 unspecified atom stereocenters. The van der Waals surface area contributed by atoms with Gasteiger partial charge in [0, 0.05) is 0 Å². The van der Waals surface area contributed by atoms with E-state index in [0.717, 1.165) is 6.54 Å². The summed E-state index contributed by atoms with van der Waals surface area (Å²) in [6.07, 6.45) is 0.